The van der Waals surface area contributed by atoms with Crippen LogP contribution in [-0.4, -0.2) is 33.7 Å². The number of aliphatic carboxylic acids is 1. The number of carbonyl (C=O) groups is 2. The summed E-state index contributed by atoms with van der Waals surface area (Å²) in [4.78, 5) is 27.0. The van der Waals surface area contributed by atoms with Gasteiger partial charge in [-0.2, -0.15) is 4.98 Å². The fraction of sp³-hybridized carbons (Fsp3) is 0.231. The van der Waals surface area contributed by atoms with Gasteiger partial charge in [0.2, 0.25) is 5.89 Å². The molecule has 2 aromatic rings. The summed E-state index contributed by atoms with van der Waals surface area (Å²) >= 11 is 1.25. The molecule has 0 atom stereocenters. The van der Waals surface area contributed by atoms with Gasteiger partial charge in [0, 0.05) is 26.0 Å². The number of carboxylic acid groups (broad SMARTS) is 1. The largest absolute Gasteiger partial charge is 0.478 e. The Morgan fingerprint density at radius 3 is 3.00 bits per heavy atom. The molecule has 0 spiro atoms. The van der Waals surface area contributed by atoms with Gasteiger partial charge in [-0.25, -0.2) is 4.79 Å². The van der Waals surface area contributed by atoms with E-state index in [2.05, 4.69) is 15.5 Å². The quantitative estimate of drug-likeness (QED) is 0.784. The SMILES string of the molecule is Cc1nc(CCNC(=O)c2sccc2/C=C/C(=O)O)no1. The predicted octanol–water partition coefficient (Wildman–Crippen LogP) is 1.51. The van der Waals surface area contributed by atoms with Crippen molar-refractivity contribution in [1.29, 1.82) is 0 Å². The van der Waals surface area contributed by atoms with E-state index < -0.39 is 5.97 Å². The molecular weight excluding hydrogens is 294 g/mol. The highest BCUT2D eigenvalue weighted by Crippen LogP contribution is 2.18. The maximum atomic E-state index is 12.0. The van der Waals surface area contributed by atoms with Crippen LogP contribution in [0.2, 0.25) is 0 Å². The Balaban J connectivity index is 1.91. The van der Waals surface area contributed by atoms with Gasteiger partial charge in [0.25, 0.3) is 5.91 Å². The average molecular weight is 307 g/mol. The fourth-order valence-electron chi connectivity index (χ4n) is 1.61. The number of carboxylic acids is 1. The maximum absolute atomic E-state index is 12.0. The first-order valence-corrected chi connectivity index (χ1v) is 7.00. The number of nitrogens with one attached hydrogen (secondary N) is 1. The van der Waals surface area contributed by atoms with E-state index in [0.717, 1.165) is 6.08 Å². The fourth-order valence-corrected chi connectivity index (χ4v) is 2.41. The second-order valence-corrected chi connectivity index (χ2v) is 5.03. The maximum Gasteiger partial charge on any atom is 0.328 e. The van der Waals surface area contributed by atoms with Gasteiger partial charge >= 0.3 is 5.97 Å². The highest BCUT2D eigenvalue weighted by Gasteiger charge is 2.12. The van der Waals surface area contributed by atoms with Crippen molar-refractivity contribution in [3.8, 4) is 0 Å². The molecule has 0 radical (unpaired) electrons. The lowest BCUT2D eigenvalue weighted by molar-refractivity contribution is -0.131. The lowest BCUT2D eigenvalue weighted by Gasteiger charge is -2.02. The Morgan fingerprint density at radius 2 is 2.33 bits per heavy atom. The van der Waals surface area contributed by atoms with Gasteiger partial charge in [-0.3, -0.25) is 4.79 Å². The molecule has 0 saturated heterocycles. The number of rotatable bonds is 6. The molecule has 7 nitrogen and oxygen atoms in total. The van der Waals surface area contributed by atoms with Gasteiger partial charge in [-0.1, -0.05) is 5.16 Å². The van der Waals surface area contributed by atoms with Crippen molar-refractivity contribution in [1.82, 2.24) is 15.5 Å². The Morgan fingerprint density at radius 1 is 1.52 bits per heavy atom. The van der Waals surface area contributed by atoms with Crippen LogP contribution in [0.1, 0.15) is 27.0 Å². The monoisotopic (exact) mass is 307 g/mol. The van der Waals surface area contributed by atoms with E-state index in [1.807, 2.05) is 0 Å². The lowest BCUT2D eigenvalue weighted by atomic mass is 10.2. The van der Waals surface area contributed by atoms with Crippen molar-refractivity contribution in [3.05, 3.63) is 39.7 Å². The zero-order valence-corrected chi connectivity index (χ0v) is 12.0. The smallest absolute Gasteiger partial charge is 0.328 e. The van der Waals surface area contributed by atoms with E-state index in [1.165, 1.54) is 17.4 Å². The summed E-state index contributed by atoms with van der Waals surface area (Å²) in [5.74, 6) is -0.295. The molecule has 0 bridgehead atoms. The second kappa shape index (κ2) is 6.80. The molecule has 0 fully saturated rings. The summed E-state index contributed by atoms with van der Waals surface area (Å²) < 4.78 is 4.83. The van der Waals surface area contributed by atoms with Crippen molar-refractivity contribution in [2.24, 2.45) is 0 Å². The molecule has 110 valence electrons. The number of nitrogens with zero attached hydrogens (tertiary/aromatic N) is 2. The van der Waals surface area contributed by atoms with Crippen LogP contribution in [0.25, 0.3) is 6.08 Å². The zero-order chi connectivity index (χ0) is 15.2. The summed E-state index contributed by atoms with van der Waals surface area (Å²) in [6, 6.07) is 1.70. The number of hydrogen-bond donors (Lipinski definition) is 2. The Kier molecular flexibility index (Phi) is 4.83. The van der Waals surface area contributed by atoms with Crippen LogP contribution >= 0.6 is 11.3 Å². The van der Waals surface area contributed by atoms with E-state index in [9.17, 15) is 9.59 Å². The van der Waals surface area contributed by atoms with Crippen molar-refractivity contribution in [2.45, 2.75) is 13.3 Å². The van der Waals surface area contributed by atoms with Gasteiger partial charge in [0.15, 0.2) is 5.82 Å². The van der Waals surface area contributed by atoms with Crippen molar-refractivity contribution < 1.29 is 19.2 Å². The van der Waals surface area contributed by atoms with Gasteiger partial charge < -0.3 is 14.9 Å². The van der Waals surface area contributed by atoms with Gasteiger partial charge in [0.05, 0.1) is 4.88 Å². The highest BCUT2D eigenvalue weighted by atomic mass is 32.1. The van der Waals surface area contributed by atoms with Crippen LogP contribution in [0.15, 0.2) is 22.0 Å². The Hall–Kier alpha value is -2.48. The average Bonchev–Trinajstić information content (AvgIpc) is 3.05. The third-order valence-electron chi connectivity index (χ3n) is 2.51. The number of thiophene rings is 1. The molecule has 0 aliphatic heterocycles. The van der Waals surface area contributed by atoms with Crippen molar-refractivity contribution in [3.63, 3.8) is 0 Å². The van der Waals surface area contributed by atoms with Crippen LogP contribution in [0, 0.1) is 6.92 Å². The number of aromatic nitrogens is 2. The normalized spacial score (nSPS) is 10.9. The van der Waals surface area contributed by atoms with E-state index in [1.54, 1.807) is 18.4 Å². The molecule has 0 aliphatic carbocycles. The predicted molar refractivity (Wildman–Crippen MR) is 76.1 cm³/mol. The summed E-state index contributed by atoms with van der Waals surface area (Å²) in [5.41, 5.74) is 0.579. The molecule has 1 amide bonds. The highest BCUT2D eigenvalue weighted by molar-refractivity contribution is 7.12. The van der Waals surface area contributed by atoms with Gasteiger partial charge in [0.1, 0.15) is 0 Å². The van der Waals surface area contributed by atoms with Crippen molar-refractivity contribution >= 4 is 29.3 Å². The van der Waals surface area contributed by atoms with Crippen LogP contribution in [0.4, 0.5) is 0 Å². The number of aryl methyl sites for hydroxylation is 1. The van der Waals surface area contributed by atoms with Crippen LogP contribution in [-0.2, 0) is 11.2 Å². The Labute approximate surface area is 124 Å². The molecule has 2 rings (SSSR count). The molecule has 0 saturated carbocycles. The zero-order valence-electron chi connectivity index (χ0n) is 11.2. The van der Waals surface area contributed by atoms with E-state index >= 15 is 0 Å². The summed E-state index contributed by atoms with van der Waals surface area (Å²) in [5, 5.41) is 16.8. The molecule has 2 heterocycles. The van der Waals surface area contributed by atoms with E-state index in [-0.39, 0.29) is 5.91 Å². The van der Waals surface area contributed by atoms with Crippen molar-refractivity contribution in [2.75, 3.05) is 6.54 Å². The minimum atomic E-state index is -1.06. The molecule has 0 aliphatic rings. The van der Waals surface area contributed by atoms with Gasteiger partial charge in [-0.05, 0) is 23.1 Å². The minimum Gasteiger partial charge on any atom is -0.478 e. The summed E-state index contributed by atoms with van der Waals surface area (Å²) in [7, 11) is 0. The second-order valence-electron chi connectivity index (χ2n) is 4.11. The number of carbonyl (C=O) groups excluding carboxylic acids is 1. The first-order valence-electron chi connectivity index (χ1n) is 6.12. The molecule has 21 heavy (non-hydrogen) atoms. The third kappa shape index (κ3) is 4.25. The van der Waals surface area contributed by atoms with Gasteiger partial charge in [-0.15, -0.1) is 11.3 Å². The van der Waals surface area contributed by atoms with E-state index in [4.69, 9.17) is 9.63 Å². The molecule has 0 aromatic carbocycles. The first-order chi connectivity index (χ1) is 10.1. The molecular formula is C13H13N3O4S. The van der Waals surface area contributed by atoms with Crippen LogP contribution in [0.3, 0.4) is 0 Å². The number of hydrogen-bond acceptors (Lipinski definition) is 6. The third-order valence-corrected chi connectivity index (χ3v) is 3.44. The molecule has 2 aromatic heterocycles. The minimum absolute atomic E-state index is 0.254. The Bertz CT molecular complexity index is 675. The van der Waals surface area contributed by atoms with E-state index in [0.29, 0.717) is 35.1 Å². The summed E-state index contributed by atoms with van der Waals surface area (Å²) in [6.45, 7) is 2.07. The molecule has 8 heteroatoms. The topological polar surface area (TPSA) is 105 Å². The summed E-state index contributed by atoms with van der Waals surface area (Å²) in [6.07, 6.45) is 2.87. The van der Waals surface area contributed by atoms with Crippen LogP contribution < -0.4 is 5.32 Å². The molecule has 0 unspecified atom stereocenters. The standard InChI is InChI=1S/C13H13N3O4S/c1-8-15-10(16-20-8)4-6-14-13(19)12-9(5-7-21-12)2-3-11(17)18/h2-3,5,7H,4,6H2,1H3,(H,14,19)(H,17,18)/b3-2+. The number of amides is 1. The first kappa shape index (κ1) is 14.9. The molecule has 2 N–H and O–H groups in total. The van der Waals surface area contributed by atoms with Crippen LogP contribution in [0.5, 0.6) is 0 Å². The lowest BCUT2D eigenvalue weighted by Crippen LogP contribution is -2.25.